The molecule has 0 aromatic heterocycles. The van der Waals surface area contributed by atoms with Crippen LogP contribution in [0.15, 0.2) is 0 Å². The fraction of sp³-hybridized carbons (Fsp3) is 1.00. The van der Waals surface area contributed by atoms with Crippen LogP contribution in [0.5, 0.6) is 0 Å². The van der Waals surface area contributed by atoms with Crippen LogP contribution in [-0.2, 0) is 0 Å². The van der Waals surface area contributed by atoms with E-state index in [1.54, 1.807) is 0 Å². The Morgan fingerprint density at radius 1 is 1.18 bits per heavy atom. The highest BCUT2D eigenvalue weighted by molar-refractivity contribution is 4.67. The van der Waals surface area contributed by atoms with Gasteiger partial charge in [-0.05, 0) is 38.3 Å². The molecular weight excluding hydrogens is 134 g/mol. The van der Waals surface area contributed by atoms with Crippen LogP contribution in [0.3, 0.4) is 0 Å². The maximum absolute atomic E-state index is 3.18. The lowest BCUT2D eigenvalue weighted by Gasteiger charge is -2.23. The maximum atomic E-state index is 3.18. The summed E-state index contributed by atoms with van der Waals surface area (Å²) >= 11 is 0. The second-order valence-corrected chi connectivity index (χ2v) is 4.12. The van der Waals surface area contributed by atoms with E-state index in [9.17, 15) is 0 Å². The van der Waals surface area contributed by atoms with Crippen molar-refractivity contribution in [1.29, 1.82) is 0 Å². The lowest BCUT2D eigenvalue weighted by Crippen LogP contribution is -2.15. The molecule has 0 fully saturated rings. The summed E-state index contributed by atoms with van der Waals surface area (Å²) in [6.45, 7) is 8.16. The summed E-state index contributed by atoms with van der Waals surface area (Å²) < 4.78 is 0. The molecule has 1 heteroatoms. The van der Waals surface area contributed by atoms with Crippen LogP contribution < -0.4 is 5.32 Å². The Morgan fingerprint density at radius 3 is 2.27 bits per heavy atom. The standard InChI is InChI=1S/C10H23N/c1-5-7-10(2,3)8-6-9-11-4/h11H,5-9H2,1-4H3. The smallest absolute Gasteiger partial charge is 0.00517 e. The fourth-order valence-corrected chi connectivity index (χ4v) is 1.55. The maximum Gasteiger partial charge on any atom is -0.00517 e. The average Bonchev–Trinajstić information content (AvgIpc) is 1.87. The lowest BCUT2D eigenvalue weighted by molar-refractivity contribution is 0.295. The van der Waals surface area contributed by atoms with E-state index in [4.69, 9.17) is 0 Å². The Hall–Kier alpha value is -0.0400. The highest BCUT2D eigenvalue weighted by Gasteiger charge is 2.14. The molecule has 0 aromatic carbocycles. The van der Waals surface area contributed by atoms with Gasteiger partial charge in [0.25, 0.3) is 0 Å². The molecule has 0 aliphatic heterocycles. The number of hydrogen-bond acceptors (Lipinski definition) is 1. The zero-order chi connectivity index (χ0) is 8.74. The Balaban J connectivity index is 3.38. The van der Waals surface area contributed by atoms with E-state index < -0.39 is 0 Å². The van der Waals surface area contributed by atoms with Crippen LogP contribution >= 0.6 is 0 Å². The predicted molar refractivity (Wildman–Crippen MR) is 51.8 cm³/mol. The number of hydrogen-bond donors (Lipinski definition) is 1. The molecule has 1 nitrogen and oxygen atoms in total. The first-order chi connectivity index (χ1) is 5.12. The Bertz CT molecular complexity index is 86.9. The minimum atomic E-state index is 0.561. The Morgan fingerprint density at radius 2 is 1.82 bits per heavy atom. The molecule has 0 spiro atoms. The van der Waals surface area contributed by atoms with Crippen LogP contribution in [0, 0.1) is 5.41 Å². The second-order valence-electron chi connectivity index (χ2n) is 4.12. The van der Waals surface area contributed by atoms with Gasteiger partial charge in [-0.1, -0.05) is 27.2 Å². The molecule has 0 radical (unpaired) electrons. The largest absolute Gasteiger partial charge is 0.320 e. The molecule has 0 aromatic rings. The zero-order valence-electron chi connectivity index (χ0n) is 8.54. The molecule has 0 aliphatic rings. The third-order valence-electron chi connectivity index (χ3n) is 2.21. The van der Waals surface area contributed by atoms with E-state index in [-0.39, 0.29) is 0 Å². The quantitative estimate of drug-likeness (QED) is 0.585. The molecule has 0 unspecified atom stereocenters. The molecule has 0 saturated carbocycles. The van der Waals surface area contributed by atoms with Crippen LogP contribution in [0.4, 0.5) is 0 Å². The van der Waals surface area contributed by atoms with E-state index in [2.05, 4.69) is 26.1 Å². The molecule has 0 saturated heterocycles. The summed E-state index contributed by atoms with van der Waals surface area (Å²) in [5.74, 6) is 0. The number of rotatable bonds is 6. The van der Waals surface area contributed by atoms with Crippen LogP contribution in [0.2, 0.25) is 0 Å². The van der Waals surface area contributed by atoms with Crippen molar-refractivity contribution in [3.8, 4) is 0 Å². The third kappa shape index (κ3) is 6.36. The normalized spacial score (nSPS) is 12.0. The van der Waals surface area contributed by atoms with E-state index in [1.165, 1.54) is 25.7 Å². The van der Waals surface area contributed by atoms with Crippen molar-refractivity contribution in [2.45, 2.75) is 46.5 Å². The van der Waals surface area contributed by atoms with Gasteiger partial charge in [0.1, 0.15) is 0 Å². The summed E-state index contributed by atoms with van der Waals surface area (Å²) in [5, 5.41) is 3.18. The zero-order valence-corrected chi connectivity index (χ0v) is 8.54. The molecule has 11 heavy (non-hydrogen) atoms. The minimum absolute atomic E-state index is 0.561. The van der Waals surface area contributed by atoms with Gasteiger partial charge in [-0.15, -0.1) is 0 Å². The van der Waals surface area contributed by atoms with Crippen molar-refractivity contribution in [2.75, 3.05) is 13.6 Å². The summed E-state index contributed by atoms with van der Waals surface area (Å²) in [7, 11) is 2.02. The van der Waals surface area contributed by atoms with Gasteiger partial charge in [-0.3, -0.25) is 0 Å². The van der Waals surface area contributed by atoms with Gasteiger partial charge in [-0.25, -0.2) is 0 Å². The summed E-state index contributed by atoms with van der Waals surface area (Å²) in [5.41, 5.74) is 0.561. The topological polar surface area (TPSA) is 12.0 Å². The van der Waals surface area contributed by atoms with Crippen molar-refractivity contribution in [2.24, 2.45) is 5.41 Å². The van der Waals surface area contributed by atoms with Crippen molar-refractivity contribution >= 4 is 0 Å². The molecule has 1 N–H and O–H groups in total. The van der Waals surface area contributed by atoms with Crippen LogP contribution in [0.25, 0.3) is 0 Å². The molecule has 0 bridgehead atoms. The van der Waals surface area contributed by atoms with Crippen molar-refractivity contribution in [3.05, 3.63) is 0 Å². The molecule has 0 rings (SSSR count). The molecular formula is C10H23N. The minimum Gasteiger partial charge on any atom is -0.320 e. The van der Waals surface area contributed by atoms with Gasteiger partial charge < -0.3 is 5.32 Å². The lowest BCUT2D eigenvalue weighted by atomic mass is 9.83. The Kier molecular flexibility index (Phi) is 5.57. The monoisotopic (exact) mass is 157 g/mol. The van der Waals surface area contributed by atoms with Gasteiger partial charge in [0.15, 0.2) is 0 Å². The molecule has 0 heterocycles. The summed E-state index contributed by atoms with van der Waals surface area (Å²) in [4.78, 5) is 0. The summed E-state index contributed by atoms with van der Waals surface area (Å²) in [6, 6.07) is 0. The fourth-order valence-electron chi connectivity index (χ4n) is 1.55. The molecule has 68 valence electrons. The summed E-state index contributed by atoms with van der Waals surface area (Å²) in [6.07, 6.45) is 5.33. The molecule has 0 aliphatic carbocycles. The average molecular weight is 157 g/mol. The van der Waals surface area contributed by atoms with Gasteiger partial charge in [-0.2, -0.15) is 0 Å². The highest BCUT2D eigenvalue weighted by atomic mass is 14.8. The third-order valence-corrected chi connectivity index (χ3v) is 2.21. The van der Waals surface area contributed by atoms with E-state index in [1.807, 2.05) is 7.05 Å². The molecule has 0 atom stereocenters. The van der Waals surface area contributed by atoms with Gasteiger partial charge in [0.05, 0.1) is 0 Å². The highest BCUT2D eigenvalue weighted by Crippen LogP contribution is 2.27. The van der Waals surface area contributed by atoms with Gasteiger partial charge in [0, 0.05) is 0 Å². The Labute approximate surface area is 71.6 Å². The van der Waals surface area contributed by atoms with Crippen LogP contribution in [0.1, 0.15) is 46.5 Å². The first-order valence-electron chi connectivity index (χ1n) is 4.77. The first-order valence-corrected chi connectivity index (χ1v) is 4.77. The second kappa shape index (κ2) is 5.59. The van der Waals surface area contributed by atoms with Crippen molar-refractivity contribution < 1.29 is 0 Å². The van der Waals surface area contributed by atoms with Gasteiger partial charge >= 0.3 is 0 Å². The van der Waals surface area contributed by atoms with Crippen LogP contribution in [-0.4, -0.2) is 13.6 Å². The molecule has 0 amide bonds. The van der Waals surface area contributed by atoms with E-state index in [0.717, 1.165) is 6.54 Å². The first kappa shape index (κ1) is 11.0. The van der Waals surface area contributed by atoms with Crippen molar-refractivity contribution in [3.63, 3.8) is 0 Å². The number of nitrogens with one attached hydrogen (secondary N) is 1. The SMILES string of the molecule is CCCC(C)(C)CCCNC. The van der Waals surface area contributed by atoms with Crippen molar-refractivity contribution in [1.82, 2.24) is 5.32 Å². The predicted octanol–water partition coefficient (Wildman–Crippen LogP) is 2.81. The van der Waals surface area contributed by atoms with E-state index >= 15 is 0 Å². The van der Waals surface area contributed by atoms with Gasteiger partial charge in [0.2, 0.25) is 0 Å². The van der Waals surface area contributed by atoms with E-state index in [0.29, 0.717) is 5.41 Å².